The van der Waals surface area contributed by atoms with E-state index in [1.54, 1.807) is 30.3 Å². The van der Waals surface area contributed by atoms with Crippen molar-refractivity contribution >= 4 is 9.57 Å². The molecule has 0 saturated carbocycles. The molecule has 110 valence electrons. The molecule has 2 rings (SSSR count). The molecule has 5 heteroatoms. The number of hydrogen-bond donors (Lipinski definition) is 0. The van der Waals surface area contributed by atoms with E-state index in [9.17, 15) is 9.59 Å². The molecule has 0 atom stereocenters. The van der Waals surface area contributed by atoms with Gasteiger partial charge in [0.15, 0.2) is 0 Å². The summed E-state index contributed by atoms with van der Waals surface area (Å²) in [5, 5.41) is 0. The zero-order chi connectivity index (χ0) is 15.2. The Morgan fingerprint density at radius 3 is 2.29 bits per heavy atom. The van der Waals surface area contributed by atoms with E-state index >= 15 is 0 Å². The van der Waals surface area contributed by atoms with Gasteiger partial charge >= 0.3 is 134 Å². The molecule has 0 spiro atoms. The van der Waals surface area contributed by atoms with Gasteiger partial charge in [0.05, 0.1) is 0 Å². The van der Waals surface area contributed by atoms with Crippen LogP contribution in [0.5, 0.6) is 11.5 Å². The summed E-state index contributed by atoms with van der Waals surface area (Å²) in [4.78, 5) is 23.5. The number of carbonyl (C=O) groups is 2. The SMILES string of the molecule is COc1ccc(C(C)=O)cc1O[I-]C(=O)c1ccccc1. The Bertz CT molecular complexity index is 653. The standard InChI is InChI=1S/C16H14IO4/c1-11(18)13-8-9-14(20-2)15(10-13)21-17-16(19)12-6-4-3-5-7-12/h3-10H,1-2H3/q-1. The van der Waals surface area contributed by atoms with E-state index in [0.717, 1.165) is 0 Å². The van der Waals surface area contributed by atoms with Gasteiger partial charge < -0.3 is 0 Å². The van der Waals surface area contributed by atoms with Gasteiger partial charge in [-0.15, -0.1) is 0 Å². The molecule has 0 bridgehead atoms. The first-order valence-corrected chi connectivity index (χ1v) is 8.18. The third kappa shape index (κ3) is 4.04. The number of benzene rings is 2. The van der Waals surface area contributed by atoms with E-state index in [2.05, 4.69) is 0 Å². The average Bonchev–Trinajstić information content (AvgIpc) is 2.53. The van der Waals surface area contributed by atoms with Crippen LogP contribution in [0.15, 0.2) is 48.5 Å². The van der Waals surface area contributed by atoms with Crippen molar-refractivity contribution in [3.63, 3.8) is 0 Å². The molecule has 0 amide bonds. The number of halogens is 1. The molecule has 2 aromatic rings. The summed E-state index contributed by atoms with van der Waals surface area (Å²) >= 11 is -1.18. The van der Waals surface area contributed by atoms with E-state index in [-0.39, 0.29) is 9.57 Å². The summed E-state index contributed by atoms with van der Waals surface area (Å²) in [6.45, 7) is 1.48. The van der Waals surface area contributed by atoms with Crippen LogP contribution in [0.3, 0.4) is 0 Å². The third-order valence-corrected chi connectivity index (χ3v) is 4.48. The number of carbonyl (C=O) groups excluding carboxylic acids is 2. The van der Waals surface area contributed by atoms with Crippen LogP contribution in [0, 0.1) is 0 Å². The minimum absolute atomic E-state index is 0.0234. The van der Waals surface area contributed by atoms with Crippen molar-refractivity contribution in [1.29, 1.82) is 0 Å². The summed E-state index contributed by atoms with van der Waals surface area (Å²) in [6.07, 6.45) is 0. The van der Waals surface area contributed by atoms with E-state index in [0.29, 0.717) is 22.6 Å². The second-order valence-electron chi connectivity index (χ2n) is 4.22. The maximum absolute atomic E-state index is 12.1. The fourth-order valence-corrected chi connectivity index (χ4v) is 3.04. The van der Waals surface area contributed by atoms with Crippen LogP contribution in [0.1, 0.15) is 27.6 Å². The van der Waals surface area contributed by atoms with Gasteiger partial charge in [0, 0.05) is 0 Å². The molecule has 21 heavy (non-hydrogen) atoms. The van der Waals surface area contributed by atoms with E-state index in [1.165, 1.54) is 14.0 Å². The number of ether oxygens (including phenoxy) is 1. The Kier molecular flexibility index (Phi) is 5.32. The molecule has 0 aliphatic rings. The normalized spacial score (nSPS) is 10.2. The fourth-order valence-electron chi connectivity index (χ4n) is 1.65. The number of hydrogen-bond acceptors (Lipinski definition) is 4. The predicted octanol–water partition coefficient (Wildman–Crippen LogP) is 0.121. The topological polar surface area (TPSA) is 52.6 Å². The summed E-state index contributed by atoms with van der Waals surface area (Å²) in [5.41, 5.74) is 1.16. The van der Waals surface area contributed by atoms with Crippen LogP contribution in [0.2, 0.25) is 0 Å². The van der Waals surface area contributed by atoms with Gasteiger partial charge in [0.25, 0.3) is 0 Å². The Labute approximate surface area is 133 Å². The first-order chi connectivity index (χ1) is 10.1. The zero-order valence-corrected chi connectivity index (χ0v) is 13.8. The molecule has 2 aromatic carbocycles. The Morgan fingerprint density at radius 1 is 0.952 bits per heavy atom. The third-order valence-electron chi connectivity index (χ3n) is 2.76. The van der Waals surface area contributed by atoms with Crippen LogP contribution in [0.4, 0.5) is 0 Å². The summed E-state index contributed by atoms with van der Waals surface area (Å²) in [5.74, 6) is 0.887. The Balaban J connectivity index is 2.13. The molecular weight excluding hydrogens is 383 g/mol. The van der Waals surface area contributed by atoms with Crippen molar-refractivity contribution in [2.45, 2.75) is 6.92 Å². The van der Waals surface area contributed by atoms with Gasteiger partial charge in [-0.2, -0.15) is 0 Å². The van der Waals surface area contributed by atoms with E-state index < -0.39 is 21.6 Å². The summed E-state index contributed by atoms with van der Waals surface area (Å²) in [7, 11) is 1.52. The molecule has 0 heterocycles. The predicted molar refractivity (Wildman–Crippen MR) is 74.4 cm³/mol. The van der Waals surface area contributed by atoms with Gasteiger partial charge in [0.1, 0.15) is 0 Å². The molecular formula is C16H14IO4-. The van der Waals surface area contributed by atoms with Crippen molar-refractivity contribution in [2.75, 3.05) is 7.11 Å². The van der Waals surface area contributed by atoms with Gasteiger partial charge in [-0.05, 0) is 0 Å². The molecule has 0 N–H and O–H groups in total. The van der Waals surface area contributed by atoms with Gasteiger partial charge in [0.2, 0.25) is 0 Å². The number of Topliss-reactive ketones (excluding diaryl/α,β-unsaturated/α-hetero) is 1. The maximum atomic E-state index is 12.1. The molecule has 4 nitrogen and oxygen atoms in total. The summed E-state index contributed by atoms with van der Waals surface area (Å²) in [6, 6.07) is 14.0. The second kappa shape index (κ2) is 7.21. The number of methoxy groups -OCH3 is 1. The first kappa shape index (κ1) is 15.5. The second-order valence-corrected chi connectivity index (χ2v) is 6.08. The zero-order valence-electron chi connectivity index (χ0n) is 11.6. The Morgan fingerprint density at radius 2 is 1.67 bits per heavy atom. The van der Waals surface area contributed by atoms with Crippen LogP contribution < -0.4 is 29.4 Å². The van der Waals surface area contributed by atoms with Crippen LogP contribution in [0.25, 0.3) is 0 Å². The van der Waals surface area contributed by atoms with Crippen molar-refractivity contribution in [2.24, 2.45) is 0 Å². The van der Waals surface area contributed by atoms with Crippen molar-refractivity contribution in [3.8, 4) is 11.5 Å². The van der Waals surface area contributed by atoms with Gasteiger partial charge in [-0.1, -0.05) is 0 Å². The van der Waals surface area contributed by atoms with Gasteiger partial charge in [-0.25, -0.2) is 0 Å². The molecule has 0 aromatic heterocycles. The van der Waals surface area contributed by atoms with Crippen molar-refractivity contribution < 1.29 is 39.0 Å². The quantitative estimate of drug-likeness (QED) is 0.395. The molecule has 0 aliphatic carbocycles. The fraction of sp³-hybridized carbons (Fsp3) is 0.125. The Hall–Kier alpha value is -1.89. The molecule has 0 saturated heterocycles. The van der Waals surface area contributed by atoms with Crippen LogP contribution in [-0.2, 0) is 0 Å². The number of ketones is 1. The summed E-state index contributed by atoms with van der Waals surface area (Å²) < 4.78 is 10.8. The first-order valence-electron chi connectivity index (χ1n) is 6.22. The molecule has 0 aliphatic heterocycles. The van der Waals surface area contributed by atoms with Crippen molar-refractivity contribution in [3.05, 3.63) is 59.7 Å². The number of rotatable bonds is 6. The van der Waals surface area contributed by atoms with Crippen molar-refractivity contribution in [1.82, 2.24) is 0 Å². The van der Waals surface area contributed by atoms with Crippen LogP contribution in [-0.4, -0.2) is 16.7 Å². The van der Waals surface area contributed by atoms with E-state index in [4.69, 9.17) is 7.80 Å². The average molecular weight is 397 g/mol. The monoisotopic (exact) mass is 397 g/mol. The van der Waals surface area contributed by atoms with E-state index in [1.807, 2.05) is 18.2 Å². The molecule has 0 unspecified atom stereocenters. The molecule has 0 fully saturated rings. The van der Waals surface area contributed by atoms with Gasteiger partial charge in [-0.3, -0.25) is 0 Å². The molecule has 0 radical (unpaired) electrons. The minimum atomic E-state index is -1.18. The van der Waals surface area contributed by atoms with Crippen LogP contribution >= 0.6 is 0 Å².